The first-order chi connectivity index (χ1) is 4.83. The lowest BCUT2D eigenvalue weighted by atomic mass is 11.0. The molecule has 0 amide bonds. The van der Waals surface area contributed by atoms with Gasteiger partial charge >= 0.3 is 0 Å². The Kier molecular flexibility index (Phi) is 4.45. The van der Waals surface area contributed by atoms with Gasteiger partial charge in [0.15, 0.2) is 0 Å². The van der Waals surface area contributed by atoms with Crippen LogP contribution >= 0.6 is 17.2 Å². The standard InChI is InChI=1S/C7H19OPSSi/c1-6-9(8,7-2)10-11(3,4)5/h6-7H2,1-5H3. The monoisotopic (exact) mass is 210 g/mol. The minimum Gasteiger partial charge on any atom is -0.313 e. The maximum Gasteiger partial charge on any atom is 0.133 e. The van der Waals surface area contributed by atoms with Crippen molar-refractivity contribution in [3.63, 3.8) is 0 Å². The highest BCUT2D eigenvalue weighted by Crippen LogP contribution is 2.61. The molecule has 0 atom stereocenters. The second-order valence-corrected chi connectivity index (χ2v) is 18.8. The molecule has 0 spiro atoms. The van der Waals surface area contributed by atoms with Gasteiger partial charge in [0.25, 0.3) is 0 Å². The summed E-state index contributed by atoms with van der Waals surface area (Å²) in [6.45, 7) is 10.9. The van der Waals surface area contributed by atoms with Crippen LogP contribution in [0.3, 0.4) is 0 Å². The van der Waals surface area contributed by atoms with Crippen molar-refractivity contribution in [2.24, 2.45) is 0 Å². The summed E-state index contributed by atoms with van der Waals surface area (Å²) in [6, 6.07) is 0. The van der Waals surface area contributed by atoms with Crippen LogP contribution in [0.2, 0.25) is 19.6 Å². The maximum absolute atomic E-state index is 12.0. The van der Waals surface area contributed by atoms with E-state index in [2.05, 4.69) is 19.6 Å². The van der Waals surface area contributed by atoms with Gasteiger partial charge in [0, 0.05) is 12.3 Å². The van der Waals surface area contributed by atoms with Gasteiger partial charge in [-0.05, 0) is 0 Å². The van der Waals surface area contributed by atoms with Crippen LogP contribution in [0, 0.1) is 0 Å². The third-order valence-corrected chi connectivity index (χ3v) is 16.3. The fraction of sp³-hybridized carbons (Fsp3) is 1.00. The highest BCUT2D eigenvalue weighted by atomic mass is 32.9. The van der Waals surface area contributed by atoms with Gasteiger partial charge < -0.3 is 4.57 Å². The van der Waals surface area contributed by atoms with Crippen LogP contribution in [0.4, 0.5) is 0 Å². The highest BCUT2D eigenvalue weighted by molar-refractivity contribution is 8.72. The summed E-state index contributed by atoms with van der Waals surface area (Å²) < 4.78 is 12.0. The number of rotatable bonds is 4. The number of hydrogen-bond acceptors (Lipinski definition) is 2. The quantitative estimate of drug-likeness (QED) is 0.517. The minimum atomic E-state index is -1.82. The molecule has 0 aromatic heterocycles. The predicted molar refractivity (Wildman–Crippen MR) is 59.6 cm³/mol. The SMILES string of the molecule is CCP(=O)(CC)S[Si](C)(C)C. The molecule has 0 bridgehead atoms. The number of hydrogen-bond donors (Lipinski definition) is 0. The molecule has 68 valence electrons. The molecular formula is C7H19OPSSi. The van der Waals surface area contributed by atoms with Crippen molar-refractivity contribution >= 4 is 24.4 Å². The van der Waals surface area contributed by atoms with Crippen LogP contribution < -0.4 is 0 Å². The zero-order valence-electron chi connectivity index (χ0n) is 8.18. The fourth-order valence-corrected chi connectivity index (χ4v) is 17.6. The second-order valence-electron chi connectivity index (χ2n) is 3.65. The van der Waals surface area contributed by atoms with E-state index in [1.165, 1.54) is 0 Å². The zero-order valence-corrected chi connectivity index (χ0v) is 10.9. The first-order valence-corrected chi connectivity index (χ1v) is 11.8. The molecule has 0 rings (SSSR count). The Morgan fingerprint density at radius 1 is 1.18 bits per heavy atom. The van der Waals surface area contributed by atoms with Crippen LogP contribution in [-0.4, -0.2) is 19.5 Å². The molecule has 0 aliphatic rings. The molecule has 0 aromatic rings. The molecule has 0 N–H and O–H groups in total. The van der Waals surface area contributed by atoms with Gasteiger partial charge in [0.2, 0.25) is 0 Å². The van der Waals surface area contributed by atoms with Gasteiger partial charge in [0.05, 0.1) is 0 Å². The van der Waals surface area contributed by atoms with Crippen molar-refractivity contribution in [3.8, 4) is 0 Å². The van der Waals surface area contributed by atoms with Gasteiger partial charge in [-0.3, -0.25) is 0 Å². The first kappa shape index (κ1) is 11.8. The summed E-state index contributed by atoms with van der Waals surface area (Å²) in [4.78, 5) is 0. The van der Waals surface area contributed by atoms with Crippen LogP contribution in [0.15, 0.2) is 0 Å². The van der Waals surface area contributed by atoms with Crippen molar-refractivity contribution in [1.82, 2.24) is 0 Å². The van der Waals surface area contributed by atoms with E-state index in [-0.39, 0.29) is 0 Å². The lowest BCUT2D eigenvalue weighted by Gasteiger charge is -2.22. The lowest BCUT2D eigenvalue weighted by Crippen LogP contribution is -2.14. The molecule has 1 nitrogen and oxygen atoms in total. The van der Waals surface area contributed by atoms with Crippen LogP contribution in [0.1, 0.15) is 13.8 Å². The normalized spacial score (nSPS) is 13.5. The Morgan fingerprint density at radius 3 is 1.64 bits per heavy atom. The molecule has 0 aromatic carbocycles. The molecule has 0 heterocycles. The van der Waals surface area contributed by atoms with Gasteiger partial charge in [-0.25, -0.2) is 0 Å². The molecule has 4 heteroatoms. The summed E-state index contributed by atoms with van der Waals surface area (Å²) in [5, 5.41) is 0. The van der Waals surface area contributed by atoms with Crippen molar-refractivity contribution in [2.75, 3.05) is 12.3 Å². The van der Waals surface area contributed by atoms with Gasteiger partial charge in [-0.15, -0.1) is 10.8 Å². The fourth-order valence-electron chi connectivity index (χ4n) is 0.852. The molecule has 0 fully saturated rings. The maximum atomic E-state index is 12.0. The van der Waals surface area contributed by atoms with Crippen molar-refractivity contribution in [1.29, 1.82) is 0 Å². The average Bonchev–Trinajstić information content (AvgIpc) is 1.84. The summed E-state index contributed by atoms with van der Waals surface area (Å²) in [6.07, 6.45) is -0.105. The molecule has 0 aliphatic carbocycles. The smallest absolute Gasteiger partial charge is 0.133 e. The molecule has 0 aliphatic heterocycles. The predicted octanol–water partition coefficient (Wildman–Crippen LogP) is 3.87. The third kappa shape index (κ3) is 5.10. The highest BCUT2D eigenvalue weighted by Gasteiger charge is 2.26. The van der Waals surface area contributed by atoms with Gasteiger partial charge in [-0.2, -0.15) is 0 Å². The van der Waals surface area contributed by atoms with E-state index in [1.807, 2.05) is 13.8 Å². The van der Waals surface area contributed by atoms with Crippen molar-refractivity contribution in [3.05, 3.63) is 0 Å². The Hall–Kier alpha value is 0.797. The van der Waals surface area contributed by atoms with E-state index < -0.39 is 13.6 Å². The Labute approximate surface area is 75.1 Å². The van der Waals surface area contributed by atoms with E-state index in [4.69, 9.17) is 0 Å². The van der Waals surface area contributed by atoms with E-state index in [0.717, 1.165) is 12.3 Å². The van der Waals surface area contributed by atoms with Gasteiger partial charge in [-0.1, -0.05) is 33.5 Å². The van der Waals surface area contributed by atoms with E-state index in [9.17, 15) is 4.57 Å². The average molecular weight is 210 g/mol. The summed E-state index contributed by atoms with van der Waals surface area (Å²) in [5.41, 5.74) is 0. The van der Waals surface area contributed by atoms with E-state index in [1.54, 1.807) is 10.8 Å². The van der Waals surface area contributed by atoms with Crippen molar-refractivity contribution in [2.45, 2.75) is 33.5 Å². The molecule has 11 heavy (non-hydrogen) atoms. The molecule has 0 saturated carbocycles. The lowest BCUT2D eigenvalue weighted by molar-refractivity contribution is 0.586. The minimum absolute atomic E-state index is 0.860. The zero-order chi connectivity index (χ0) is 9.12. The Morgan fingerprint density at radius 2 is 1.55 bits per heavy atom. The largest absolute Gasteiger partial charge is 0.313 e. The second kappa shape index (κ2) is 4.15. The molecular weight excluding hydrogens is 191 g/mol. The summed E-state index contributed by atoms with van der Waals surface area (Å²) in [5.74, 6) is 0. The summed E-state index contributed by atoms with van der Waals surface area (Å²) in [7, 11) is 0.618. The topological polar surface area (TPSA) is 17.1 Å². The van der Waals surface area contributed by atoms with Crippen molar-refractivity contribution < 1.29 is 4.57 Å². The van der Waals surface area contributed by atoms with E-state index in [0.29, 0.717) is 0 Å². The first-order valence-electron chi connectivity index (χ1n) is 4.12. The Balaban J connectivity index is 4.21. The van der Waals surface area contributed by atoms with Crippen LogP contribution in [0.5, 0.6) is 0 Å². The van der Waals surface area contributed by atoms with Crippen LogP contribution in [-0.2, 0) is 4.57 Å². The summed E-state index contributed by atoms with van der Waals surface area (Å²) >= 11 is 0. The third-order valence-electron chi connectivity index (χ3n) is 1.40. The molecule has 0 radical (unpaired) electrons. The van der Waals surface area contributed by atoms with Gasteiger partial charge in [0.1, 0.15) is 13.6 Å². The molecule has 0 unspecified atom stereocenters. The van der Waals surface area contributed by atoms with Crippen LogP contribution in [0.25, 0.3) is 0 Å². The Bertz CT molecular complexity index is 156. The molecule has 0 saturated heterocycles. The van der Waals surface area contributed by atoms with E-state index >= 15 is 0 Å².